The summed E-state index contributed by atoms with van der Waals surface area (Å²) in [6, 6.07) is 0. The van der Waals surface area contributed by atoms with Crippen molar-refractivity contribution < 1.29 is 13.9 Å². The van der Waals surface area contributed by atoms with Crippen molar-refractivity contribution in [1.82, 2.24) is 4.90 Å². The molecule has 0 aromatic carbocycles. The average Bonchev–Trinajstić information content (AvgIpc) is 2.39. The molecular formula is C13H19FN2O2. The van der Waals surface area contributed by atoms with Gasteiger partial charge in [-0.15, -0.1) is 0 Å². The van der Waals surface area contributed by atoms with Gasteiger partial charge in [-0.1, -0.05) is 6.08 Å². The Kier molecular flexibility index (Phi) is 5.58. The molecular weight excluding hydrogens is 235 g/mol. The van der Waals surface area contributed by atoms with Gasteiger partial charge in [0.05, 0.1) is 12.1 Å². The molecule has 0 aromatic rings. The number of nitrogens with two attached hydrogens (primary N) is 1. The Balaban J connectivity index is 2.55. The van der Waals surface area contributed by atoms with Gasteiger partial charge in [0.25, 0.3) is 0 Å². The van der Waals surface area contributed by atoms with Crippen molar-refractivity contribution in [3.8, 4) is 0 Å². The highest BCUT2D eigenvalue weighted by Gasteiger charge is 2.15. The predicted molar refractivity (Wildman–Crippen MR) is 68.3 cm³/mol. The van der Waals surface area contributed by atoms with Gasteiger partial charge in [0.15, 0.2) is 0 Å². The summed E-state index contributed by atoms with van der Waals surface area (Å²) in [5.74, 6) is 0.759. The number of nitrogens with zero attached hydrogens (tertiary/aromatic N) is 1. The highest BCUT2D eigenvalue weighted by molar-refractivity contribution is 5.93. The van der Waals surface area contributed by atoms with Crippen LogP contribution in [0.4, 0.5) is 4.39 Å². The third-order valence-electron chi connectivity index (χ3n) is 2.65. The van der Waals surface area contributed by atoms with Gasteiger partial charge in [-0.3, -0.25) is 4.79 Å². The van der Waals surface area contributed by atoms with Gasteiger partial charge in [-0.25, -0.2) is 4.39 Å². The van der Waals surface area contributed by atoms with Gasteiger partial charge in [-0.05, 0) is 12.5 Å². The molecule has 100 valence electrons. The number of allylic oxidation sites excluding steroid dienone is 3. The first-order chi connectivity index (χ1) is 8.58. The van der Waals surface area contributed by atoms with Crippen LogP contribution in [0.3, 0.4) is 0 Å². The number of likely N-dealkylation sites (N-methyl/N-ethyl adjacent to an activating group) is 1. The molecule has 0 spiro atoms. The standard InChI is InChI=1S/C13H19FN2O2/c1-16(2)13(17)11-3-5-12(6-4-11)18-9-10(7-14)8-15/h3,5,7H,4,6,8-9,15H2,1-2H3/b10-7+. The molecule has 4 nitrogen and oxygen atoms in total. The summed E-state index contributed by atoms with van der Waals surface area (Å²) < 4.78 is 17.7. The van der Waals surface area contributed by atoms with E-state index in [0.29, 0.717) is 24.7 Å². The van der Waals surface area contributed by atoms with Gasteiger partial charge in [-0.2, -0.15) is 0 Å². The Morgan fingerprint density at radius 3 is 2.67 bits per heavy atom. The summed E-state index contributed by atoms with van der Waals surface area (Å²) in [7, 11) is 3.44. The highest BCUT2D eigenvalue weighted by atomic mass is 19.1. The highest BCUT2D eigenvalue weighted by Crippen LogP contribution is 2.20. The molecule has 0 heterocycles. The molecule has 0 aliphatic heterocycles. The van der Waals surface area contributed by atoms with Crippen LogP contribution in [0.15, 0.2) is 35.4 Å². The first kappa shape index (κ1) is 14.4. The van der Waals surface area contributed by atoms with E-state index in [1.807, 2.05) is 0 Å². The van der Waals surface area contributed by atoms with E-state index >= 15 is 0 Å². The van der Waals surface area contributed by atoms with Crippen LogP contribution in [0, 0.1) is 0 Å². The molecule has 5 heteroatoms. The molecule has 0 bridgehead atoms. The molecule has 1 rings (SSSR count). The lowest BCUT2D eigenvalue weighted by Crippen LogP contribution is -2.24. The number of carbonyl (C=O) groups is 1. The third kappa shape index (κ3) is 4.00. The van der Waals surface area contributed by atoms with Gasteiger partial charge < -0.3 is 15.4 Å². The van der Waals surface area contributed by atoms with Crippen LogP contribution in [-0.2, 0) is 9.53 Å². The molecule has 0 aromatic heterocycles. The zero-order valence-electron chi connectivity index (χ0n) is 10.8. The van der Waals surface area contributed by atoms with Crippen molar-refractivity contribution >= 4 is 5.91 Å². The maximum absolute atomic E-state index is 12.3. The Hall–Kier alpha value is -1.62. The molecule has 1 amide bonds. The number of ether oxygens (including phenoxy) is 1. The molecule has 0 radical (unpaired) electrons. The minimum Gasteiger partial charge on any atom is -0.493 e. The largest absolute Gasteiger partial charge is 0.493 e. The lowest BCUT2D eigenvalue weighted by Gasteiger charge is -2.18. The second-order valence-electron chi connectivity index (χ2n) is 4.28. The summed E-state index contributed by atoms with van der Waals surface area (Å²) in [4.78, 5) is 13.2. The smallest absolute Gasteiger partial charge is 0.249 e. The number of amides is 1. The Morgan fingerprint density at radius 1 is 1.50 bits per heavy atom. The molecule has 0 fully saturated rings. The zero-order valence-corrected chi connectivity index (χ0v) is 10.8. The fourth-order valence-corrected chi connectivity index (χ4v) is 1.52. The van der Waals surface area contributed by atoms with E-state index in [9.17, 15) is 9.18 Å². The van der Waals surface area contributed by atoms with Crippen molar-refractivity contribution in [2.75, 3.05) is 27.2 Å². The second kappa shape index (κ2) is 6.96. The molecule has 0 saturated carbocycles. The second-order valence-corrected chi connectivity index (χ2v) is 4.28. The van der Waals surface area contributed by atoms with Crippen LogP contribution in [-0.4, -0.2) is 38.1 Å². The van der Waals surface area contributed by atoms with Gasteiger partial charge in [0.2, 0.25) is 5.91 Å². The van der Waals surface area contributed by atoms with Crippen LogP contribution in [0.5, 0.6) is 0 Å². The van der Waals surface area contributed by atoms with Gasteiger partial charge in [0, 0.05) is 38.2 Å². The van der Waals surface area contributed by atoms with E-state index in [4.69, 9.17) is 10.5 Å². The first-order valence-corrected chi connectivity index (χ1v) is 5.80. The van der Waals surface area contributed by atoms with Crippen molar-refractivity contribution in [2.45, 2.75) is 12.8 Å². The van der Waals surface area contributed by atoms with E-state index in [1.165, 1.54) is 0 Å². The maximum atomic E-state index is 12.3. The molecule has 0 atom stereocenters. The predicted octanol–water partition coefficient (Wildman–Crippen LogP) is 1.51. The Morgan fingerprint density at radius 2 is 2.22 bits per heavy atom. The zero-order chi connectivity index (χ0) is 13.5. The number of hydrogen-bond acceptors (Lipinski definition) is 3. The Labute approximate surface area is 107 Å². The van der Waals surface area contributed by atoms with Crippen LogP contribution >= 0.6 is 0 Å². The molecule has 1 aliphatic rings. The number of hydrogen-bond donors (Lipinski definition) is 1. The van der Waals surface area contributed by atoms with Gasteiger partial charge >= 0.3 is 0 Å². The Bertz CT molecular complexity index is 398. The van der Waals surface area contributed by atoms with Crippen molar-refractivity contribution in [1.29, 1.82) is 0 Å². The van der Waals surface area contributed by atoms with Crippen molar-refractivity contribution in [3.05, 3.63) is 35.4 Å². The summed E-state index contributed by atoms with van der Waals surface area (Å²) >= 11 is 0. The molecule has 0 unspecified atom stereocenters. The average molecular weight is 254 g/mol. The number of carbonyl (C=O) groups excluding carboxylic acids is 1. The molecule has 0 saturated heterocycles. The summed E-state index contributed by atoms with van der Waals surface area (Å²) in [5, 5.41) is 0. The molecule has 18 heavy (non-hydrogen) atoms. The lowest BCUT2D eigenvalue weighted by molar-refractivity contribution is -0.124. The van der Waals surface area contributed by atoms with E-state index in [0.717, 1.165) is 11.3 Å². The topological polar surface area (TPSA) is 55.6 Å². The fraction of sp³-hybridized carbons (Fsp3) is 0.462. The fourth-order valence-electron chi connectivity index (χ4n) is 1.52. The van der Waals surface area contributed by atoms with Crippen molar-refractivity contribution in [2.24, 2.45) is 5.73 Å². The maximum Gasteiger partial charge on any atom is 0.249 e. The van der Waals surface area contributed by atoms with E-state index < -0.39 is 0 Å². The van der Waals surface area contributed by atoms with E-state index in [2.05, 4.69) is 0 Å². The third-order valence-corrected chi connectivity index (χ3v) is 2.65. The van der Waals surface area contributed by atoms with Crippen LogP contribution in [0.2, 0.25) is 0 Å². The summed E-state index contributed by atoms with van der Waals surface area (Å²) in [6.45, 7) is 0.299. The van der Waals surface area contributed by atoms with Crippen molar-refractivity contribution in [3.63, 3.8) is 0 Å². The summed E-state index contributed by atoms with van der Waals surface area (Å²) in [5.41, 5.74) is 6.49. The minimum atomic E-state index is 0.0107. The van der Waals surface area contributed by atoms with Gasteiger partial charge in [0.1, 0.15) is 6.61 Å². The minimum absolute atomic E-state index is 0.0107. The number of halogens is 1. The van der Waals surface area contributed by atoms with E-state index in [1.54, 1.807) is 31.1 Å². The lowest BCUT2D eigenvalue weighted by atomic mass is 10.0. The SMILES string of the molecule is CN(C)C(=O)C1=CC=C(OC/C(=C/F)CN)CC1. The van der Waals surface area contributed by atoms with Crippen LogP contribution in [0.25, 0.3) is 0 Å². The summed E-state index contributed by atoms with van der Waals surface area (Å²) in [6.07, 6.45) is 5.27. The molecule has 1 aliphatic carbocycles. The molecule has 2 N–H and O–H groups in total. The normalized spacial score (nSPS) is 15.9. The van der Waals surface area contributed by atoms with E-state index in [-0.39, 0.29) is 19.1 Å². The van der Waals surface area contributed by atoms with Crippen LogP contribution < -0.4 is 5.73 Å². The monoisotopic (exact) mass is 254 g/mol. The van der Waals surface area contributed by atoms with Crippen LogP contribution in [0.1, 0.15) is 12.8 Å². The quantitative estimate of drug-likeness (QED) is 0.809. The number of rotatable bonds is 5. The first-order valence-electron chi connectivity index (χ1n) is 5.80.